The molecule has 4 rings (SSSR count). The van der Waals surface area contributed by atoms with Crippen LogP contribution in [0.15, 0.2) is 60.7 Å². The van der Waals surface area contributed by atoms with Crippen LogP contribution in [0.4, 0.5) is 0 Å². The van der Waals surface area contributed by atoms with Crippen LogP contribution in [0.3, 0.4) is 0 Å². The molecule has 0 aromatic heterocycles. The van der Waals surface area contributed by atoms with Crippen LogP contribution >= 0.6 is 8.15 Å². The lowest BCUT2D eigenvalue weighted by atomic mass is 9.80. The van der Waals surface area contributed by atoms with Gasteiger partial charge in [0.1, 0.15) is 13.9 Å². The molecule has 170 valence electrons. The number of fused-ring (bicyclic) bond motifs is 1. The lowest BCUT2D eigenvalue weighted by Crippen LogP contribution is -2.22. The van der Waals surface area contributed by atoms with E-state index in [0.29, 0.717) is 5.66 Å². The zero-order valence-corrected chi connectivity index (χ0v) is 21.6. The Bertz CT molecular complexity index is 1060. The van der Waals surface area contributed by atoms with Gasteiger partial charge in [0.2, 0.25) is 0 Å². The van der Waals surface area contributed by atoms with E-state index in [1.54, 1.807) is 0 Å². The molecule has 1 saturated carbocycles. The van der Waals surface area contributed by atoms with E-state index in [1.165, 1.54) is 59.3 Å². The lowest BCUT2D eigenvalue weighted by Gasteiger charge is -2.34. The highest BCUT2D eigenvalue weighted by atomic mass is 31.1. The van der Waals surface area contributed by atoms with E-state index in [1.807, 2.05) is 0 Å². The fourth-order valence-corrected chi connectivity index (χ4v) is 7.32. The van der Waals surface area contributed by atoms with Crippen molar-refractivity contribution in [2.75, 3.05) is 0 Å². The number of hydrogen-bond donors (Lipinski definition) is 0. The molecule has 1 aliphatic carbocycles. The summed E-state index contributed by atoms with van der Waals surface area (Å²) in [6, 6.07) is 22.5. The second-order valence-corrected chi connectivity index (χ2v) is 13.5. The van der Waals surface area contributed by atoms with Gasteiger partial charge in [-0.05, 0) is 46.1 Å². The third kappa shape index (κ3) is 5.04. The Morgan fingerprint density at radius 2 is 1.44 bits per heavy atom. The molecule has 0 N–H and O–H groups in total. The molecule has 1 atom stereocenters. The molecule has 0 aliphatic heterocycles. The maximum absolute atomic E-state index is 7.14. The SMILES string of the molecule is CC(C)(C)c1ccc(OP(c2cccc3ccccc23)C2CCCCC2)c(C(C)(C)C)c1. The molecule has 1 nitrogen and oxygen atoms in total. The van der Waals surface area contributed by atoms with E-state index in [2.05, 4.69) is 102 Å². The monoisotopic (exact) mass is 446 g/mol. The molecule has 1 aliphatic rings. The van der Waals surface area contributed by atoms with Gasteiger partial charge < -0.3 is 4.52 Å². The Balaban J connectivity index is 1.81. The first-order chi connectivity index (χ1) is 15.1. The predicted molar refractivity (Wildman–Crippen MR) is 142 cm³/mol. The highest BCUT2D eigenvalue weighted by Gasteiger charge is 2.31. The summed E-state index contributed by atoms with van der Waals surface area (Å²) in [6.07, 6.45) is 6.57. The van der Waals surface area contributed by atoms with E-state index in [9.17, 15) is 0 Å². The van der Waals surface area contributed by atoms with Crippen molar-refractivity contribution in [1.29, 1.82) is 0 Å². The molecule has 0 bridgehead atoms. The lowest BCUT2D eigenvalue weighted by molar-refractivity contribution is 0.481. The van der Waals surface area contributed by atoms with Crippen molar-refractivity contribution < 1.29 is 4.52 Å². The van der Waals surface area contributed by atoms with Crippen molar-refractivity contribution in [1.82, 2.24) is 0 Å². The molecular formula is C30H39OP. The molecule has 0 heterocycles. The third-order valence-electron chi connectivity index (χ3n) is 6.76. The first-order valence-electron chi connectivity index (χ1n) is 12.2. The normalized spacial score (nSPS) is 16.8. The zero-order valence-electron chi connectivity index (χ0n) is 20.7. The molecule has 0 saturated heterocycles. The Hall–Kier alpha value is -1.85. The Labute approximate surface area is 196 Å². The minimum absolute atomic E-state index is 0.0307. The summed E-state index contributed by atoms with van der Waals surface area (Å²) in [5.74, 6) is 1.08. The number of benzene rings is 3. The topological polar surface area (TPSA) is 9.23 Å². The largest absolute Gasteiger partial charge is 0.469 e. The molecule has 1 fully saturated rings. The fourth-order valence-electron chi connectivity index (χ4n) is 4.80. The van der Waals surface area contributed by atoms with Gasteiger partial charge >= 0.3 is 0 Å². The van der Waals surface area contributed by atoms with Crippen LogP contribution in [-0.2, 0) is 10.8 Å². The van der Waals surface area contributed by atoms with Gasteiger partial charge in [-0.1, -0.05) is 115 Å². The highest BCUT2D eigenvalue weighted by molar-refractivity contribution is 7.62. The summed E-state index contributed by atoms with van der Waals surface area (Å²) in [5.41, 5.74) is 3.49. The van der Waals surface area contributed by atoms with E-state index in [-0.39, 0.29) is 10.8 Å². The second kappa shape index (κ2) is 9.18. The van der Waals surface area contributed by atoms with Crippen LogP contribution < -0.4 is 9.83 Å². The summed E-state index contributed by atoms with van der Waals surface area (Å²) >= 11 is 0. The first kappa shape index (κ1) is 23.3. The Morgan fingerprint density at radius 3 is 2.12 bits per heavy atom. The fraction of sp³-hybridized carbons (Fsp3) is 0.467. The van der Waals surface area contributed by atoms with Gasteiger partial charge in [0, 0.05) is 16.5 Å². The van der Waals surface area contributed by atoms with Gasteiger partial charge in [0.15, 0.2) is 0 Å². The first-order valence-corrected chi connectivity index (χ1v) is 13.6. The second-order valence-electron chi connectivity index (χ2n) is 11.4. The van der Waals surface area contributed by atoms with Crippen LogP contribution in [0.25, 0.3) is 10.8 Å². The summed E-state index contributed by atoms with van der Waals surface area (Å²) in [5, 5.41) is 4.08. The van der Waals surface area contributed by atoms with Crippen molar-refractivity contribution in [3.63, 3.8) is 0 Å². The molecule has 0 amide bonds. The summed E-state index contributed by atoms with van der Waals surface area (Å²) in [7, 11) is -0.751. The van der Waals surface area contributed by atoms with Gasteiger partial charge in [-0.2, -0.15) is 0 Å². The molecular weight excluding hydrogens is 407 g/mol. The van der Waals surface area contributed by atoms with E-state index >= 15 is 0 Å². The maximum atomic E-state index is 7.14. The van der Waals surface area contributed by atoms with Crippen molar-refractivity contribution in [2.45, 2.75) is 90.1 Å². The highest BCUT2D eigenvalue weighted by Crippen LogP contribution is 2.51. The third-order valence-corrected chi connectivity index (χ3v) is 9.20. The smallest absolute Gasteiger partial charge is 0.127 e. The van der Waals surface area contributed by atoms with Crippen molar-refractivity contribution in [3.05, 3.63) is 71.8 Å². The number of hydrogen-bond acceptors (Lipinski definition) is 1. The predicted octanol–water partition coefficient (Wildman–Crippen LogP) is 8.87. The quantitative estimate of drug-likeness (QED) is 0.364. The standard InChI is InChI=1S/C30H39OP/c1-29(2,3)23-19-20-27(26(21-23)30(4,5)6)31-32(24-15-8-7-9-16-24)28-18-12-14-22-13-10-11-17-25(22)28/h10-14,17-21,24H,7-9,15-16H2,1-6H3. The molecule has 0 spiro atoms. The molecule has 32 heavy (non-hydrogen) atoms. The molecule has 3 aromatic rings. The van der Waals surface area contributed by atoms with E-state index < -0.39 is 8.15 Å². The summed E-state index contributed by atoms with van der Waals surface area (Å²) < 4.78 is 7.14. The maximum Gasteiger partial charge on any atom is 0.127 e. The van der Waals surface area contributed by atoms with Crippen molar-refractivity contribution >= 4 is 24.2 Å². The molecule has 3 aromatic carbocycles. The molecule has 2 heteroatoms. The average Bonchev–Trinajstić information content (AvgIpc) is 2.76. The van der Waals surface area contributed by atoms with Gasteiger partial charge in [-0.15, -0.1) is 0 Å². The average molecular weight is 447 g/mol. The molecule has 0 radical (unpaired) electrons. The Morgan fingerprint density at radius 1 is 0.750 bits per heavy atom. The van der Waals surface area contributed by atoms with Gasteiger partial charge in [-0.25, -0.2) is 0 Å². The summed E-state index contributed by atoms with van der Waals surface area (Å²) in [4.78, 5) is 0. The van der Waals surface area contributed by atoms with Gasteiger partial charge in [-0.3, -0.25) is 0 Å². The summed E-state index contributed by atoms with van der Waals surface area (Å²) in [6.45, 7) is 13.8. The Kier molecular flexibility index (Phi) is 6.69. The molecule has 1 unspecified atom stereocenters. The number of rotatable bonds is 4. The van der Waals surface area contributed by atoms with E-state index in [0.717, 1.165) is 5.75 Å². The van der Waals surface area contributed by atoms with Crippen molar-refractivity contribution in [3.8, 4) is 5.75 Å². The van der Waals surface area contributed by atoms with Gasteiger partial charge in [0.25, 0.3) is 0 Å². The minimum atomic E-state index is -0.751. The minimum Gasteiger partial charge on any atom is -0.469 e. The van der Waals surface area contributed by atoms with E-state index in [4.69, 9.17) is 4.52 Å². The van der Waals surface area contributed by atoms with Crippen LogP contribution in [0.2, 0.25) is 0 Å². The van der Waals surface area contributed by atoms with Crippen LogP contribution in [0.1, 0.15) is 84.8 Å². The van der Waals surface area contributed by atoms with Crippen LogP contribution in [-0.4, -0.2) is 5.66 Å². The van der Waals surface area contributed by atoms with Crippen molar-refractivity contribution in [2.24, 2.45) is 0 Å². The van der Waals surface area contributed by atoms with Crippen LogP contribution in [0, 0.1) is 0 Å². The zero-order chi connectivity index (χ0) is 22.9. The van der Waals surface area contributed by atoms with Gasteiger partial charge in [0.05, 0.1) is 0 Å². The van der Waals surface area contributed by atoms with Crippen LogP contribution in [0.5, 0.6) is 5.75 Å².